The van der Waals surface area contributed by atoms with E-state index < -0.39 is 0 Å². The number of allylic oxidation sites excluding steroid dienone is 1. The van der Waals surface area contributed by atoms with Crippen molar-refractivity contribution >= 4 is 55.7 Å². The van der Waals surface area contributed by atoms with Crippen LogP contribution in [0.15, 0.2) is 47.8 Å². The summed E-state index contributed by atoms with van der Waals surface area (Å²) in [5, 5.41) is 3.85. The minimum absolute atomic E-state index is 0.215. The van der Waals surface area contributed by atoms with Crippen LogP contribution in [0, 0.1) is 18.6 Å². The Kier molecular flexibility index (Phi) is 4.89. The molecule has 0 atom stereocenters. The minimum Gasteiger partial charge on any atom is -0.332 e. The molecule has 4 aromatic rings. The van der Waals surface area contributed by atoms with Gasteiger partial charge in [-0.1, -0.05) is 23.5 Å². The van der Waals surface area contributed by atoms with Gasteiger partial charge in [0.05, 0.1) is 21.1 Å². The smallest absolute Gasteiger partial charge is 0.262 e. The van der Waals surface area contributed by atoms with Gasteiger partial charge in [0.15, 0.2) is 9.90 Å². The second-order valence-corrected chi connectivity index (χ2v) is 8.21. The maximum atomic E-state index is 12.7. The van der Waals surface area contributed by atoms with Crippen LogP contribution in [0.4, 0.5) is 5.13 Å². The number of H-pyrrole nitrogens is 1. The van der Waals surface area contributed by atoms with Crippen LogP contribution in [0.3, 0.4) is 0 Å². The van der Waals surface area contributed by atoms with E-state index in [9.17, 15) is 9.59 Å². The largest absolute Gasteiger partial charge is 0.332 e. The molecule has 0 bridgehead atoms. The average Bonchev–Trinajstić information content (AvgIpc) is 3.07. The SMILES string of the molecule is C=CCn1c(=S)[nH]c2cc(C(=O)Nc3nc4c(C)cc(C)cc4s3)ccc2c1=O. The Balaban J connectivity index is 1.69. The Hall–Kier alpha value is -3.10. The lowest BCUT2D eigenvalue weighted by molar-refractivity contribution is 0.102. The fourth-order valence-electron chi connectivity index (χ4n) is 3.28. The van der Waals surface area contributed by atoms with Crippen molar-refractivity contribution in [2.75, 3.05) is 5.32 Å². The number of carbonyl (C=O) groups excluding carboxylic acids is 1. The van der Waals surface area contributed by atoms with Crippen molar-refractivity contribution < 1.29 is 4.79 Å². The monoisotopic (exact) mass is 422 g/mol. The zero-order valence-electron chi connectivity index (χ0n) is 15.9. The molecule has 1 amide bonds. The van der Waals surface area contributed by atoms with Crippen LogP contribution in [0.25, 0.3) is 21.1 Å². The van der Waals surface area contributed by atoms with E-state index in [2.05, 4.69) is 34.0 Å². The molecule has 29 heavy (non-hydrogen) atoms. The van der Waals surface area contributed by atoms with Gasteiger partial charge in [-0.25, -0.2) is 4.98 Å². The second kappa shape index (κ2) is 7.38. The summed E-state index contributed by atoms with van der Waals surface area (Å²) >= 11 is 6.69. The molecular formula is C21H18N4O2S2. The molecule has 0 aliphatic rings. The highest BCUT2D eigenvalue weighted by Gasteiger charge is 2.13. The van der Waals surface area contributed by atoms with Crippen molar-refractivity contribution in [1.82, 2.24) is 14.5 Å². The van der Waals surface area contributed by atoms with Gasteiger partial charge >= 0.3 is 0 Å². The first-order valence-corrected chi connectivity index (χ1v) is 10.2. The van der Waals surface area contributed by atoms with Crippen LogP contribution in [-0.2, 0) is 6.54 Å². The van der Waals surface area contributed by atoms with Gasteiger partial charge in [0, 0.05) is 12.1 Å². The highest BCUT2D eigenvalue weighted by atomic mass is 32.1. The standard InChI is InChI=1S/C21H18N4O2S2/c1-4-7-25-19(27)14-6-5-13(10-15(14)22-21(25)28)18(26)24-20-23-17-12(3)8-11(2)9-16(17)29-20/h4-6,8-10H,1,7H2,2-3H3,(H,22,28)(H,23,24,26). The molecule has 2 aromatic heterocycles. The Bertz CT molecular complexity index is 1410. The Labute approximate surface area is 175 Å². The average molecular weight is 423 g/mol. The third-order valence-corrected chi connectivity index (χ3v) is 5.85. The number of hydrogen-bond acceptors (Lipinski definition) is 5. The fraction of sp³-hybridized carbons (Fsp3) is 0.143. The number of hydrogen-bond donors (Lipinski definition) is 2. The fourth-order valence-corrected chi connectivity index (χ4v) is 4.59. The van der Waals surface area contributed by atoms with Crippen molar-refractivity contribution in [3.8, 4) is 0 Å². The Morgan fingerprint density at radius 2 is 2.14 bits per heavy atom. The lowest BCUT2D eigenvalue weighted by atomic mass is 10.1. The molecule has 0 fully saturated rings. The molecule has 0 aliphatic carbocycles. The molecule has 0 radical (unpaired) electrons. The van der Waals surface area contributed by atoms with Gasteiger partial charge in [-0.3, -0.25) is 19.5 Å². The summed E-state index contributed by atoms with van der Waals surface area (Å²) in [6.45, 7) is 8.01. The van der Waals surface area contributed by atoms with Gasteiger partial charge in [-0.05, 0) is 61.5 Å². The number of anilines is 1. The molecule has 6 nitrogen and oxygen atoms in total. The molecule has 0 spiro atoms. The number of aromatic amines is 1. The maximum absolute atomic E-state index is 12.7. The molecule has 0 unspecified atom stereocenters. The molecule has 2 heterocycles. The third kappa shape index (κ3) is 3.52. The van der Waals surface area contributed by atoms with Crippen LogP contribution in [-0.4, -0.2) is 20.4 Å². The molecule has 146 valence electrons. The second-order valence-electron chi connectivity index (χ2n) is 6.80. The normalized spacial score (nSPS) is 11.1. The predicted octanol–water partition coefficient (Wildman–Crippen LogP) is 4.72. The van der Waals surface area contributed by atoms with Crippen molar-refractivity contribution in [2.45, 2.75) is 20.4 Å². The summed E-state index contributed by atoms with van der Waals surface area (Å²) in [5.74, 6) is -0.296. The van der Waals surface area contributed by atoms with Gasteiger partial charge in [-0.2, -0.15) is 0 Å². The summed E-state index contributed by atoms with van der Waals surface area (Å²) in [6, 6.07) is 9.00. The first-order chi connectivity index (χ1) is 13.9. The lowest BCUT2D eigenvalue weighted by Crippen LogP contribution is -2.22. The molecule has 0 aliphatic heterocycles. The van der Waals surface area contributed by atoms with Crippen LogP contribution in [0.5, 0.6) is 0 Å². The van der Waals surface area contributed by atoms with E-state index in [0.29, 0.717) is 28.1 Å². The summed E-state index contributed by atoms with van der Waals surface area (Å²) in [7, 11) is 0. The Morgan fingerprint density at radius 1 is 1.34 bits per heavy atom. The van der Waals surface area contributed by atoms with Gasteiger partial charge in [0.25, 0.3) is 11.5 Å². The topological polar surface area (TPSA) is 79.8 Å². The van der Waals surface area contributed by atoms with Crippen LogP contribution in [0.1, 0.15) is 21.5 Å². The predicted molar refractivity (Wildman–Crippen MR) is 121 cm³/mol. The Morgan fingerprint density at radius 3 is 2.90 bits per heavy atom. The number of carbonyl (C=O) groups is 1. The molecule has 4 rings (SSSR count). The molecule has 8 heteroatoms. The van der Waals surface area contributed by atoms with Crippen LogP contribution < -0.4 is 10.9 Å². The van der Waals surface area contributed by atoms with Crippen molar-refractivity contribution in [1.29, 1.82) is 0 Å². The third-order valence-electron chi connectivity index (χ3n) is 4.61. The van der Waals surface area contributed by atoms with E-state index >= 15 is 0 Å². The number of thiazole rings is 1. The van der Waals surface area contributed by atoms with Crippen molar-refractivity contribution in [3.63, 3.8) is 0 Å². The summed E-state index contributed by atoms with van der Waals surface area (Å²) in [5.41, 5.74) is 3.84. The number of amides is 1. The number of aryl methyl sites for hydroxylation is 2. The lowest BCUT2D eigenvalue weighted by Gasteiger charge is -2.07. The quantitative estimate of drug-likeness (QED) is 0.368. The van der Waals surface area contributed by atoms with Crippen molar-refractivity contribution in [2.24, 2.45) is 0 Å². The van der Waals surface area contributed by atoms with E-state index in [-0.39, 0.29) is 16.2 Å². The highest BCUT2D eigenvalue weighted by molar-refractivity contribution is 7.71. The van der Waals surface area contributed by atoms with E-state index in [1.807, 2.05) is 13.8 Å². The summed E-state index contributed by atoms with van der Waals surface area (Å²) in [4.78, 5) is 32.9. The van der Waals surface area contributed by atoms with Crippen LogP contribution in [0.2, 0.25) is 0 Å². The van der Waals surface area contributed by atoms with Crippen LogP contribution >= 0.6 is 23.6 Å². The summed E-state index contributed by atoms with van der Waals surface area (Å²) in [6.07, 6.45) is 1.61. The number of nitrogens with zero attached hydrogens (tertiary/aromatic N) is 2. The summed E-state index contributed by atoms with van der Waals surface area (Å²) < 4.78 is 2.75. The van der Waals surface area contributed by atoms with E-state index in [1.165, 1.54) is 15.9 Å². The molecule has 2 aromatic carbocycles. The number of fused-ring (bicyclic) bond motifs is 2. The van der Waals surface area contributed by atoms with Gasteiger partial charge < -0.3 is 4.98 Å². The zero-order chi connectivity index (χ0) is 20.7. The van der Waals surface area contributed by atoms with Crippen molar-refractivity contribution in [3.05, 3.63) is 74.8 Å². The van der Waals surface area contributed by atoms with Gasteiger partial charge in [-0.15, -0.1) is 6.58 Å². The number of rotatable bonds is 4. The number of aromatic nitrogens is 3. The maximum Gasteiger partial charge on any atom is 0.262 e. The number of nitrogens with one attached hydrogen (secondary N) is 2. The van der Waals surface area contributed by atoms with E-state index in [1.54, 1.807) is 24.3 Å². The van der Waals surface area contributed by atoms with E-state index in [4.69, 9.17) is 12.2 Å². The first kappa shape index (κ1) is 19.2. The number of benzene rings is 2. The van der Waals surface area contributed by atoms with Gasteiger partial charge in [0.2, 0.25) is 0 Å². The van der Waals surface area contributed by atoms with E-state index in [0.717, 1.165) is 21.3 Å². The molecule has 2 N–H and O–H groups in total. The first-order valence-electron chi connectivity index (χ1n) is 8.94. The molecular weight excluding hydrogens is 404 g/mol. The minimum atomic E-state index is -0.296. The highest BCUT2D eigenvalue weighted by Crippen LogP contribution is 2.29. The zero-order valence-corrected chi connectivity index (χ0v) is 17.5. The molecule has 0 saturated heterocycles. The van der Waals surface area contributed by atoms with Gasteiger partial charge in [0.1, 0.15) is 0 Å². The molecule has 0 saturated carbocycles.